The second kappa shape index (κ2) is 6.28. The highest BCUT2D eigenvalue weighted by atomic mass is 16.6. The average molecular weight is 289 g/mol. The lowest BCUT2D eigenvalue weighted by atomic mass is 10.1. The van der Waals surface area contributed by atoms with Crippen molar-refractivity contribution in [3.8, 4) is 0 Å². The van der Waals surface area contributed by atoms with Crippen LogP contribution in [0.4, 0.5) is 11.5 Å². The molecule has 0 bridgehead atoms. The highest BCUT2D eigenvalue weighted by Gasteiger charge is 2.20. The molecule has 1 aromatic heterocycles. The van der Waals surface area contributed by atoms with Crippen molar-refractivity contribution in [2.75, 3.05) is 5.43 Å². The predicted octanol–water partition coefficient (Wildman–Crippen LogP) is 0.364. The van der Waals surface area contributed by atoms with Crippen LogP contribution in [-0.4, -0.2) is 20.8 Å². The molecule has 0 spiro atoms. The first-order valence-corrected chi connectivity index (χ1v) is 5.89. The smallest absolute Gasteiger partial charge is 0.307 e. The molecule has 0 aliphatic heterocycles. The third-order valence-electron chi connectivity index (χ3n) is 2.54. The van der Waals surface area contributed by atoms with E-state index in [2.05, 4.69) is 20.8 Å². The lowest BCUT2D eigenvalue weighted by molar-refractivity contribution is -0.385. The fourth-order valence-corrected chi connectivity index (χ4v) is 1.61. The van der Waals surface area contributed by atoms with E-state index in [0.717, 1.165) is 11.9 Å². The molecule has 0 aliphatic carbocycles. The van der Waals surface area contributed by atoms with Crippen LogP contribution < -0.4 is 16.4 Å². The van der Waals surface area contributed by atoms with Gasteiger partial charge in [0.25, 0.3) is 0 Å². The van der Waals surface area contributed by atoms with Gasteiger partial charge in [0.15, 0.2) is 0 Å². The van der Waals surface area contributed by atoms with Crippen LogP contribution >= 0.6 is 0 Å². The monoisotopic (exact) mass is 289 g/mol. The van der Waals surface area contributed by atoms with Gasteiger partial charge in [-0.2, -0.15) is 0 Å². The first kappa shape index (κ1) is 14.2. The van der Waals surface area contributed by atoms with Crippen LogP contribution in [-0.2, 0) is 11.2 Å². The quantitative estimate of drug-likeness (QED) is 0.538. The summed E-state index contributed by atoms with van der Waals surface area (Å²) in [6.45, 7) is 0. The zero-order valence-electron chi connectivity index (χ0n) is 10.7. The molecule has 21 heavy (non-hydrogen) atoms. The Labute approximate surface area is 118 Å². The molecule has 1 heterocycles. The molecule has 1 amide bonds. The summed E-state index contributed by atoms with van der Waals surface area (Å²) in [6.07, 6.45) is 1.09. The molecule has 0 unspecified atom stereocenters. The summed E-state index contributed by atoms with van der Waals surface area (Å²) in [6, 6.07) is 8.95. The summed E-state index contributed by atoms with van der Waals surface area (Å²) >= 11 is 0. The Bertz CT molecular complexity index is 713. The molecule has 9 heteroatoms. The van der Waals surface area contributed by atoms with Gasteiger partial charge in [0.05, 0.1) is 17.7 Å². The van der Waals surface area contributed by atoms with E-state index in [0.29, 0.717) is 0 Å². The number of hydrazine groups is 1. The van der Waals surface area contributed by atoms with E-state index in [-0.39, 0.29) is 12.2 Å². The number of nitro groups is 1. The molecule has 1 aromatic carbocycles. The molecule has 0 fully saturated rings. The number of rotatable bonds is 5. The van der Waals surface area contributed by atoms with E-state index in [4.69, 9.17) is 0 Å². The summed E-state index contributed by atoms with van der Waals surface area (Å²) in [4.78, 5) is 38.6. The summed E-state index contributed by atoms with van der Waals surface area (Å²) in [5, 5.41) is 10.8. The lowest BCUT2D eigenvalue weighted by Gasteiger charge is -2.07. The van der Waals surface area contributed by atoms with Crippen LogP contribution in [0.3, 0.4) is 0 Å². The molecular weight excluding hydrogens is 278 g/mol. The molecule has 0 atom stereocenters. The van der Waals surface area contributed by atoms with Crippen molar-refractivity contribution in [1.82, 2.24) is 15.4 Å². The second-order valence-corrected chi connectivity index (χ2v) is 4.02. The largest absolute Gasteiger partial charge is 0.377 e. The minimum absolute atomic E-state index is 0.0881. The lowest BCUT2D eigenvalue weighted by Crippen LogP contribution is -2.32. The van der Waals surface area contributed by atoms with Gasteiger partial charge in [-0.05, 0) is 5.56 Å². The Hall–Kier alpha value is -3.23. The van der Waals surface area contributed by atoms with Crippen LogP contribution in [0.2, 0.25) is 0 Å². The fraction of sp³-hybridized carbons (Fsp3) is 0.0833. The maximum absolute atomic E-state index is 11.7. The molecule has 0 aliphatic rings. The van der Waals surface area contributed by atoms with Gasteiger partial charge >= 0.3 is 11.2 Å². The van der Waals surface area contributed by atoms with Crippen LogP contribution in [0.1, 0.15) is 5.56 Å². The zero-order valence-corrected chi connectivity index (χ0v) is 10.7. The molecule has 2 rings (SSSR count). The number of amides is 1. The Kier molecular flexibility index (Phi) is 4.24. The topological polar surface area (TPSA) is 130 Å². The third-order valence-corrected chi connectivity index (χ3v) is 2.54. The maximum atomic E-state index is 11.7. The normalized spacial score (nSPS) is 9.90. The number of hydrogen-bond acceptors (Lipinski definition) is 6. The number of nitrogens with zero attached hydrogens (tertiary/aromatic N) is 2. The van der Waals surface area contributed by atoms with Crippen LogP contribution in [0.25, 0.3) is 0 Å². The number of hydrogen-bond donors (Lipinski definition) is 3. The Morgan fingerprint density at radius 1 is 1.33 bits per heavy atom. The SMILES string of the molecule is O=C(Cc1ccccc1)NNc1nc[nH]c(=O)c1[N+](=O)[O-]. The van der Waals surface area contributed by atoms with Gasteiger partial charge in [-0.1, -0.05) is 30.3 Å². The number of benzene rings is 1. The molecule has 0 radical (unpaired) electrons. The van der Waals surface area contributed by atoms with Gasteiger partial charge in [-0.3, -0.25) is 30.6 Å². The van der Waals surface area contributed by atoms with Gasteiger partial charge in [0.1, 0.15) is 0 Å². The number of aromatic amines is 1. The third kappa shape index (κ3) is 3.62. The summed E-state index contributed by atoms with van der Waals surface area (Å²) in [5.41, 5.74) is 3.65. The van der Waals surface area contributed by atoms with Crippen molar-refractivity contribution >= 4 is 17.4 Å². The molecule has 3 N–H and O–H groups in total. The fourth-order valence-electron chi connectivity index (χ4n) is 1.61. The van der Waals surface area contributed by atoms with Crippen LogP contribution in [0.5, 0.6) is 0 Å². The molecular formula is C12H11N5O4. The van der Waals surface area contributed by atoms with Crippen molar-refractivity contribution in [2.45, 2.75) is 6.42 Å². The van der Waals surface area contributed by atoms with Crippen molar-refractivity contribution < 1.29 is 9.72 Å². The standard InChI is InChI=1S/C12H11N5O4/c18-9(6-8-4-2-1-3-5-8)15-16-11-10(17(20)21)12(19)14-7-13-11/h1-5,7H,6H2,(H,15,18)(H2,13,14,16,19). The van der Waals surface area contributed by atoms with E-state index >= 15 is 0 Å². The van der Waals surface area contributed by atoms with Gasteiger partial charge < -0.3 is 4.98 Å². The Balaban J connectivity index is 2.04. The summed E-state index contributed by atoms with van der Waals surface area (Å²) in [7, 11) is 0. The van der Waals surface area contributed by atoms with E-state index in [1.165, 1.54) is 0 Å². The molecule has 9 nitrogen and oxygen atoms in total. The summed E-state index contributed by atoms with van der Waals surface area (Å²) < 4.78 is 0. The molecule has 0 saturated carbocycles. The average Bonchev–Trinajstić information content (AvgIpc) is 2.45. The van der Waals surface area contributed by atoms with Gasteiger partial charge in [-0.25, -0.2) is 4.98 Å². The van der Waals surface area contributed by atoms with Crippen molar-refractivity contribution in [3.05, 3.63) is 62.7 Å². The minimum atomic E-state index is -0.908. The van der Waals surface area contributed by atoms with Crippen molar-refractivity contribution in [1.29, 1.82) is 0 Å². The number of carbonyl (C=O) groups excluding carboxylic acids is 1. The van der Waals surface area contributed by atoms with E-state index < -0.39 is 22.1 Å². The maximum Gasteiger partial charge on any atom is 0.377 e. The summed E-state index contributed by atoms with van der Waals surface area (Å²) in [5.74, 6) is -0.747. The van der Waals surface area contributed by atoms with Crippen LogP contribution in [0, 0.1) is 10.1 Å². The molecule has 0 saturated heterocycles. The Morgan fingerprint density at radius 3 is 2.71 bits per heavy atom. The first-order chi connectivity index (χ1) is 10.1. The van der Waals surface area contributed by atoms with Gasteiger partial charge in [0.2, 0.25) is 11.7 Å². The molecule has 108 valence electrons. The van der Waals surface area contributed by atoms with E-state index in [1.807, 2.05) is 6.07 Å². The zero-order chi connectivity index (χ0) is 15.2. The van der Waals surface area contributed by atoms with Gasteiger partial charge in [0, 0.05) is 0 Å². The number of H-pyrrole nitrogens is 1. The van der Waals surface area contributed by atoms with E-state index in [9.17, 15) is 19.7 Å². The number of aromatic nitrogens is 2. The number of carbonyl (C=O) groups is 1. The minimum Gasteiger partial charge on any atom is -0.307 e. The van der Waals surface area contributed by atoms with Crippen molar-refractivity contribution in [2.24, 2.45) is 0 Å². The van der Waals surface area contributed by atoms with Crippen molar-refractivity contribution in [3.63, 3.8) is 0 Å². The first-order valence-electron chi connectivity index (χ1n) is 5.89. The highest BCUT2D eigenvalue weighted by molar-refractivity contribution is 5.80. The highest BCUT2D eigenvalue weighted by Crippen LogP contribution is 2.13. The Morgan fingerprint density at radius 2 is 2.05 bits per heavy atom. The predicted molar refractivity (Wildman–Crippen MR) is 73.4 cm³/mol. The number of anilines is 1. The van der Waals surface area contributed by atoms with E-state index in [1.54, 1.807) is 24.3 Å². The number of nitrogens with one attached hydrogen (secondary N) is 3. The second-order valence-electron chi connectivity index (χ2n) is 4.02. The van der Waals surface area contributed by atoms with Gasteiger partial charge in [-0.15, -0.1) is 0 Å². The van der Waals surface area contributed by atoms with Crippen LogP contribution in [0.15, 0.2) is 41.5 Å². The molecule has 2 aromatic rings.